The van der Waals surface area contributed by atoms with Crippen LogP contribution in [0.3, 0.4) is 0 Å². The molecular formula is C61H44O. The van der Waals surface area contributed by atoms with Crippen LogP contribution in [0.1, 0.15) is 72.2 Å². The van der Waals surface area contributed by atoms with E-state index >= 15 is 0 Å². The molecule has 0 bridgehead atoms. The van der Waals surface area contributed by atoms with Gasteiger partial charge >= 0.3 is 0 Å². The lowest BCUT2D eigenvalue weighted by molar-refractivity contribution is 0.660. The Kier molecular flexibility index (Phi) is 7.12. The molecule has 0 atom stereocenters. The molecule has 0 N–H and O–H groups in total. The van der Waals surface area contributed by atoms with Crippen LogP contribution in [0.15, 0.2) is 199 Å². The quantitative estimate of drug-likeness (QED) is 0.173. The van der Waals surface area contributed by atoms with E-state index < -0.39 is 5.41 Å². The van der Waals surface area contributed by atoms with Crippen LogP contribution in [0, 0.1) is 0 Å². The zero-order valence-electron chi connectivity index (χ0n) is 35.4. The fraction of sp³-hybridized carbons (Fsp3) is 0.115. The van der Waals surface area contributed by atoms with Gasteiger partial charge in [0.1, 0.15) is 11.2 Å². The highest BCUT2D eigenvalue weighted by atomic mass is 16.3. The first-order valence-electron chi connectivity index (χ1n) is 22.0. The van der Waals surface area contributed by atoms with Gasteiger partial charge in [0.15, 0.2) is 0 Å². The molecule has 0 amide bonds. The molecule has 294 valence electrons. The van der Waals surface area contributed by atoms with Crippen LogP contribution in [0.5, 0.6) is 0 Å². The van der Waals surface area contributed by atoms with E-state index in [1.165, 1.54) is 88.7 Å². The van der Waals surface area contributed by atoms with Crippen molar-refractivity contribution in [2.45, 2.75) is 43.9 Å². The zero-order valence-corrected chi connectivity index (χ0v) is 35.4. The normalized spacial score (nSPS) is 15.5. The van der Waals surface area contributed by atoms with Gasteiger partial charge in [0.05, 0.1) is 5.41 Å². The van der Waals surface area contributed by atoms with Gasteiger partial charge in [-0.3, -0.25) is 0 Å². The highest BCUT2D eigenvalue weighted by Crippen LogP contribution is 2.59. The third-order valence-electron chi connectivity index (χ3n) is 15.0. The molecule has 10 aromatic rings. The summed E-state index contributed by atoms with van der Waals surface area (Å²) in [6.45, 7) is 9.41. The van der Waals surface area contributed by atoms with Crippen LogP contribution in [0.4, 0.5) is 0 Å². The predicted molar refractivity (Wildman–Crippen MR) is 257 cm³/mol. The number of fused-ring (bicyclic) bond motifs is 8. The second-order valence-corrected chi connectivity index (χ2v) is 18.7. The minimum absolute atomic E-state index is 0.0704. The Morgan fingerprint density at radius 2 is 0.677 bits per heavy atom. The molecule has 1 nitrogen and oxygen atoms in total. The van der Waals surface area contributed by atoms with Crippen molar-refractivity contribution in [3.8, 4) is 55.6 Å². The predicted octanol–water partition coefficient (Wildman–Crippen LogP) is 15.9. The lowest BCUT2D eigenvalue weighted by Crippen LogP contribution is -2.31. The summed E-state index contributed by atoms with van der Waals surface area (Å²) in [6, 6.07) is 72.8. The minimum atomic E-state index is -0.643. The summed E-state index contributed by atoms with van der Waals surface area (Å²) in [7, 11) is 0. The van der Waals surface area contributed by atoms with Gasteiger partial charge in [0.25, 0.3) is 0 Å². The monoisotopic (exact) mass is 792 g/mol. The van der Waals surface area contributed by atoms with Crippen LogP contribution in [-0.2, 0) is 16.2 Å². The highest BCUT2D eigenvalue weighted by Gasteiger charge is 2.45. The second-order valence-electron chi connectivity index (χ2n) is 18.7. The maximum Gasteiger partial charge on any atom is 0.143 e. The van der Waals surface area contributed by atoms with Gasteiger partial charge in [-0.15, -0.1) is 0 Å². The molecule has 3 aliphatic carbocycles. The van der Waals surface area contributed by atoms with Crippen molar-refractivity contribution in [3.63, 3.8) is 0 Å². The average Bonchev–Trinajstić information content (AvgIpc) is 3.87. The second kappa shape index (κ2) is 12.4. The van der Waals surface area contributed by atoms with Gasteiger partial charge in [0.2, 0.25) is 0 Å². The van der Waals surface area contributed by atoms with E-state index in [0.717, 1.165) is 33.4 Å². The number of furan rings is 1. The molecule has 0 unspecified atom stereocenters. The fourth-order valence-corrected chi connectivity index (χ4v) is 12.1. The molecule has 0 saturated carbocycles. The van der Waals surface area contributed by atoms with Crippen molar-refractivity contribution in [3.05, 3.63) is 239 Å². The Balaban J connectivity index is 1.17. The molecule has 0 aliphatic heterocycles. The van der Waals surface area contributed by atoms with Gasteiger partial charge in [0, 0.05) is 32.7 Å². The van der Waals surface area contributed by atoms with Crippen molar-refractivity contribution in [1.82, 2.24) is 0 Å². The summed E-state index contributed by atoms with van der Waals surface area (Å²) in [5, 5.41) is 2.34. The molecule has 62 heavy (non-hydrogen) atoms. The summed E-state index contributed by atoms with van der Waals surface area (Å²) >= 11 is 0. The summed E-state index contributed by atoms with van der Waals surface area (Å²) < 4.78 is 7.62. The van der Waals surface area contributed by atoms with Crippen LogP contribution < -0.4 is 0 Å². The van der Waals surface area contributed by atoms with Gasteiger partial charge in [-0.05, 0) is 107 Å². The fourth-order valence-electron chi connectivity index (χ4n) is 12.1. The van der Waals surface area contributed by atoms with Crippen molar-refractivity contribution >= 4 is 21.9 Å². The summed E-state index contributed by atoms with van der Waals surface area (Å²) in [6.07, 6.45) is 0. The van der Waals surface area contributed by atoms with Crippen molar-refractivity contribution in [2.75, 3.05) is 0 Å². The van der Waals surface area contributed by atoms with E-state index in [1.54, 1.807) is 0 Å². The van der Waals surface area contributed by atoms with E-state index in [2.05, 4.69) is 222 Å². The van der Waals surface area contributed by atoms with Gasteiger partial charge in [-0.1, -0.05) is 204 Å². The molecule has 1 heterocycles. The topological polar surface area (TPSA) is 13.1 Å². The van der Waals surface area contributed by atoms with E-state index in [0.29, 0.717) is 0 Å². The summed E-state index contributed by atoms with van der Waals surface area (Å²) in [5.74, 6) is 0. The molecule has 9 aromatic carbocycles. The Morgan fingerprint density at radius 1 is 0.290 bits per heavy atom. The Bertz CT molecular complexity index is 3470. The van der Waals surface area contributed by atoms with E-state index in [-0.39, 0.29) is 10.8 Å². The Morgan fingerprint density at radius 3 is 1.21 bits per heavy atom. The van der Waals surface area contributed by atoms with Crippen LogP contribution in [0.2, 0.25) is 0 Å². The molecule has 0 fully saturated rings. The molecular weight excluding hydrogens is 749 g/mol. The van der Waals surface area contributed by atoms with Crippen molar-refractivity contribution in [1.29, 1.82) is 0 Å². The molecule has 3 aliphatic rings. The standard InChI is InChI=1S/C61H44O/c1-59(2)49-24-14-11-22-44(49)47-35-37(27-32-51(47)59)41-29-30-46-43-21-13-16-26-53(43)61(39-17-7-5-8-18-39,40-19-9-6-10-20-40)54-34-31-42(58-56(54)55(46)57(41)62-58)38-28-33-52-48(36-38)45-23-12-15-25-50(45)60(52,3)4/h5-36H,1-4H3. The first-order valence-corrected chi connectivity index (χ1v) is 22.0. The van der Waals surface area contributed by atoms with Gasteiger partial charge in [-0.2, -0.15) is 0 Å². The van der Waals surface area contributed by atoms with E-state index in [9.17, 15) is 0 Å². The first-order chi connectivity index (χ1) is 30.3. The minimum Gasteiger partial charge on any atom is -0.455 e. The Labute approximate surface area is 363 Å². The maximum atomic E-state index is 7.62. The number of hydrogen-bond acceptors (Lipinski definition) is 1. The van der Waals surface area contributed by atoms with E-state index in [1.807, 2.05) is 0 Å². The number of benzene rings is 9. The smallest absolute Gasteiger partial charge is 0.143 e. The van der Waals surface area contributed by atoms with Crippen LogP contribution in [-0.4, -0.2) is 0 Å². The maximum absolute atomic E-state index is 7.62. The molecule has 0 saturated heterocycles. The van der Waals surface area contributed by atoms with Crippen LogP contribution in [0.25, 0.3) is 77.6 Å². The van der Waals surface area contributed by atoms with Gasteiger partial charge < -0.3 is 4.42 Å². The zero-order chi connectivity index (χ0) is 41.5. The molecule has 1 aromatic heterocycles. The lowest BCUT2D eigenvalue weighted by Gasteiger charge is -2.38. The molecule has 13 rings (SSSR count). The molecule has 0 radical (unpaired) electrons. The third-order valence-corrected chi connectivity index (χ3v) is 15.0. The lowest BCUT2D eigenvalue weighted by atomic mass is 9.63. The SMILES string of the molecule is CC1(C)c2ccccc2-c2cc(-c3ccc4c5c3oc3c(-c6ccc7c(c6)-c6ccccc6C7(C)C)ccc(c35)C(c3ccccc3)(c3ccccc3)c3ccccc3-4)ccc21. The Hall–Kier alpha value is -7.22. The van der Waals surface area contributed by atoms with Gasteiger partial charge in [-0.25, -0.2) is 0 Å². The third kappa shape index (κ3) is 4.48. The molecule has 1 heteroatoms. The first kappa shape index (κ1) is 35.5. The largest absolute Gasteiger partial charge is 0.455 e. The summed E-state index contributed by atoms with van der Waals surface area (Å²) in [5.41, 5.74) is 23.7. The van der Waals surface area contributed by atoms with E-state index in [4.69, 9.17) is 4.42 Å². The van der Waals surface area contributed by atoms with Crippen molar-refractivity contribution in [2.24, 2.45) is 0 Å². The summed E-state index contributed by atoms with van der Waals surface area (Å²) in [4.78, 5) is 0. The average molecular weight is 793 g/mol. The van der Waals surface area contributed by atoms with Crippen LogP contribution >= 0.6 is 0 Å². The highest BCUT2D eigenvalue weighted by molar-refractivity contribution is 6.22. The number of rotatable bonds is 4. The molecule has 0 spiro atoms. The number of hydrogen-bond donors (Lipinski definition) is 0. The van der Waals surface area contributed by atoms with Crippen molar-refractivity contribution < 1.29 is 4.42 Å².